The first-order valence-electron chi connectivity index (χ1n) is 24.4. The Kier molecular flexibility index (Phi) is 24.7. The lowest BCUT2D eigenvalue weighted by Gasteiger charge is -2.26. The van der Waals surface area contributed by atoms with E-state index in [-0.39, 0.29) is 30.3 Å². The van der Waals surface area contributed by atoms with E-state index in [0.717, 1.165) is 83.7 Å². The molecule has 0 aromatic rings. The zero-order chi connectivity index (χ0) is 44.4. The van der Waals surface area contributed by atoms with Crippen LogP contribution in [0.25, 0.3) is 0 Å². The first-order valence-corrected chi connectivity index (χ1v) is 24.4. The Hall–Kier alpha value is -3.38. The average molecular weight is 876 g/mol. The Morgan fingerprint density at radius 2 is 0.839 bits per heavy atom. The lowest BCUT2D eigenvalue weighted by atomic mass is 10.0. The molecule has 0 aromatic carbocycles. The Labute approximate surface area is 369 Å². The van der Waals surface area contributed by atoms with Gasteiger partial charge in [-0.25, -0.2) is 0 Å². The number of hydrogen-bond donors (Lipinski definition) is 11. The zero-order valence-corrected chi connectivity index (χ0v) is 37.4. The van der Waals surface area contributed by atoms with Gasteiger partial charge in [-0.05, 0) is 109 Å². The molecule has 4 saturated carbocycles. The van der Waals surface area contributed by atoms with E-state index in [0.29, 0.717) is 43.9 Å². The molecule has 17 nitrogen and oxygen atoms in total. The van der Waals surface area contributed by atoms with E-state index in [2.05, 4.69) is 47.9 Å². The minimum absolute atomic E-state index is 0.00800. The summed E-state index contributed by atoms with van der Waals surface area (Å²) in [7, 11) is 0. The van der Waals surface area contributed by atoms with Crippen LogP contribution >= 0.6 is 0 Å². The van der Waals surface area contributed by atoms with Gasteiger partial charge in [0, 0.05) is 30.7 Å². The molecule has 0 saturated heterocycles. The van der Waals surface area contributed by atoms with Crippen LogP contribution in [0.2, 0.25) is 0 Å². The van der Waals surface area contributed by atoms with E-state index < -0.39 is 61.5 Å². The fourth-order valence-electron chi connectivity index (χ4n) is 9.52. The lowest BCUT2D eigenvalue weighted by Crippen LogP contribution is -2.56. The van der Waals surface area contributed by atoms with Crippen molar-refractivity contribution < 1.29 is 39.0 Å². The summed E-state index contributed by atoms with van der Waals surface area (Å²) in [6.45, 7) is 0.303. The molecule has 0 aliphatic heterocycles. The smallest absolute Gasteiger partial charge is 0.322 e. The zero-order valence-electron chi connectivity index (χ0n) is 37.4. The Balaban J connectivity index is 1.30. The molecule has 4 aliphatic rings. The van der Waals surface area contributed by atoms with Crippen molar-refractivity contribution in [1.29, 1.82) is 0 Å². The molecular formula is C45H81N9O8. The molecule has 5 amide bonds. The van der Waals surface area contributed by atoms with Crippen LogP contribution in [0, 0.1) is 0 Å². The Bertz CT molecular complexity index is 1350. The van der Waals surface area contributed by atoms with Crippen molar-refractivity contribution in [3.63, 3.8) is 0 Å². The van der Waals surface area contributed by atoms with Crippen molar-refractivity contribution in [1.82, 2.24) is 47.9 Å². The standard InChI is InChI=1S/C45H81N9O8/c55-31-39(44(61)50-30-41(57)58)53-40(56)29-49-43(60)37(54-45(62)38(52-35-21-7-8-22-35)25-10-13-27-47-33-17-3-4-18-33)24-11-14-28-48-42(59)36(51-34-19-5-6-20-34)23-9-12-26-46-32-15-1-2-16-32/h32-39,46-47,51-52,55H,1-31H2,(H,48,59)(H,49,60)(H,50,61)(H,53,56)(H,54,62)(H,57,58). The largest absolute Gasteiger partial charge is 0.480 e. The molecule has 62 heavy (non-hydrogen) atoms. The number of nitrogens with one attached hydrogen (secondary N) is 9. The number of carbonyl (C=O) groups excluding carboxylic acids is 5. The average Bonchev–Trinajstić information content (AvgIpc) is 4.12. The van der Waals surface area contributed by atoms with Crippen molar-refractivity contribution in [3.05, 3.63) is 0 Å². The van der Waals surface area contributed by atoms with E-state index in [1.807, 2.05) is 0 Å². The quantitative estimate of drug-likeness (QED) is 0.0433. The van der Waals surface area contributed by atoms with Crippen molar-refractivity contribution >= 4 is 35.5 Å². The maximum Gasteiger partial charge on any atom is 0.322 e. The van der Waals surface area contributed by atoms with Crippen LogP contribution in [0.1, 0.15) is 161 Å². The highest BCUT2D eigenvalue weighted by Gasteiger charge is 2.30. The van der Waals surface area contributed by atoms with Crippen LogP contribution in [0.3, 0.4) is 0 Å². The van der Waals surface area contributed by atoms with E-state index in [4.69, 9.17) is 5.11 Å². The van der Waals surface area contributed by atoms with Crippen LogP contribution in [-0.2, 0) is 28.8 Å². The summed E-state index contributed by atoms with van der Waals surface area (Å²) in [4.78, 5) is 77.0. The van der Waals surface area contributed by atoms with Gasteiger partial charge in [-0.15, -0.1) is 0 Å². The summed E-state index contributed by atoms with van der Waals surface area (Å²) in [5, 5.41) is 46.1. The number of aliphatic hydroxyl groups excluding tert-OH is 1. The Morgan fingerprint density at radius 3 is 1.32 bits per heavy atom. The van der Waals surface area contributed by atoms with Gasteiger partial charge in [0.05, 0.1) is 25.2 Å². The molecule has 17 heteroatoms. The molecule has 4 aliphatic carbocycles. The summed E-state index contributed by atoms with van der Waals surface area (Å²) in [6, 6.07) is -1.32. The fraction of sp³-hybridized carbons (Fsp3) is 0.867. The van der Waals surface area contributed by atoms with Gasteiger partial charge in [0.1, 0.15) is 18.6 Å². The second kappa shape index (κ2) is 29.9. The van der Waals surface area contributed by atoms with Crippen LogP contribution < -0.4 is 47.9 Å². The third-order valence-electron chi connectivity index (χ3n) is 13.2. The molecule has 4 rings (SSSR count). The minimum atomic E-state index is -1.41. The molecule has 0 heterocycles. The van der Waals surface area contributed by atoms with Crippen molar-refractivity contribution in [2.24, 2.45) is 0 Å². The maximum atomic E-state index is 14.0. The number of rotatable bonds is 32. The number of unbranched alkanes of at least 4 members (excludes halogenated alkanes) is 3. The van der Waals surface area contributed by atoms with E-state index >= 15 is 0 Å². The summed E-state index contributed by atoms with van der Waals surface area (Å²) in [6.07, 6.45) is 25.3. The summed E-state index contributed by atoms with van der Waals surface area (Å²) >= 11 is 0. The molecule has 0 spiro atoms. The monoisotopic (exact) mass is 876 g/mol. The normalized spacial score (nSPS) is 19.5. The molecule has 4 atom stereocenters. The van der Waals surface area contributed by atoms with Gasteiger partial charge in [0.25, 0.3) is 0 Å². The summed E-state index contributed by atoms with van der Waals surface area (Å²) < 4.78 is 0. The van der Waals surface area contributed by atoms with Gasteiger partial charge >= 0.3 is 5.97 Å². The first-order chi connectivity index (χ1) is 30.1. The highest BCUT2D eigenvalue weighted by Crippen LogP contribution is 2.22. The Morgan fingerprint density at radius 1 is 0.435 bits per heavy atom. The topological polar surface area (TPSA) is 251 Å². The second-order valence-electron chi connectivity index (χ2n) is 18.2. The maximum absolute atomic E-state index is 14.0. The SMILES string of the molecule is O=C(O)CNC(=O)C(CO)NC(=O)CNC(=O)C(CCCCNC(=O)C(CCCCNC1CCCC1)NC1CCCC1)NC(=O)C(CCCCNC1CCCC1)NC1CCCC1. The highest BCUT2D eigenvalue weighted by atomic mass is 16.4. The van der Waals surface area contributed by atoms with Crippen LogP contribution in [0.4, 0.5) is 0 Å². The fourth-order valence-corrected chi connectivity index (χ4v) is 9.52. The summed E-state index contributed by atoms with van der Waals surface area (Å²) in [5.74, 6) is -3.78. The molecule has 354 valence electrons. The number of aliphatic carboxylic acids is 1. The van der Waals surface area contributed by atoms with E-state index in [1.54, 1.807) is 0 Å². The van der Waals surface area contributed by atoms with Crippen LogP contribution in [-0.4, -0.2) is 133 Å². The third-order valence-corrected chi connectivity index (χ3v) is 13.2. The molecular weight excluding hydrogens is 795 g/mol. The van der Waals surface area contributed by atoms with Gasteiger partial charge in [-0.3, -0.25) is 28.8 Å². The number of carbonyl (C=O) groups is 6. The molecule has 0 radical (unpaired) electrons. The van der Waals surface area contributed by atoms with Gasteiger partial charge in [0.15, 0.2) is 0 Å². The van der Waals surface area contributed by atoms with Gasteiger partial charge < -0.3 is 58.1 Å². The van der Waals surface area contributed by atoms with Crippen molar-refractivity contribution in [2.45, 2.75) is 209 Å². The number of amides is 5. The molecule has 0 aromatic heterocycles. The molecule has 0 bridgehead atoms. The number of carboxylic acid groups (broad SMARTS) is 1. The van der Waals surface area contributed by atoms with Gasteiger partial charge in [0.2, 0.25) is 29.5 Å². The van der Waals surface area contributed by atoms with Crippen LogP contribution in [0.5, 0.6) is 0 Å². The van der Waals surface area contributed by atoms with Crippen molar-refractivity contribution in [2.75, 3.05) is 39.3 Å². The molecule has 11 N–H and O–H groups in total. The van der Waals surface area contributed by atoms with E-state index in [9.17, 15) is 33.9 Å². The third kappa shape index (κ3) is 20.4. The minimum Gasteiger partial charge on any atom is -0.480 e. The predicted molar refractivity (Wildman–Crippen MR) is 238 cm³/mol. The predicted octanol–water partition coefficient (Wildman–Crippen LogP) is 1.76. The van der Waals surface area contributed by atoms with Crippen LogP contribution in [0.15, 0.2) is 0 Å². The number of carboxylic acids is 1. The second-order valence-corrected chi connectivity index (χ2v) is 18.2. The first kappa shape index (κ1) is 51.3. The number of aliphatic hydroxyl groups is 1. The van der Waals surface area contributed by atoms with Crippen molar-refractivity contribution in [3.8, 4) is 0 Å². The molecule has 4 unspecified atom stereocenters. The van der Waals surface area contributed by atoms with E-state index in [1.165, 1.54) is 64.2 Å². The highest BCUT2D eigenvalue weighted by molar-refractivity contribution is 5.93. The lowest BCUT2D eigenvalue weighted by molar-refractivity contribution is -0.138. The molecule has 4 fully saturated rings. The summed E-state index contributed by atoms with van der Waals surface area (Å²) in [5.41, 5.74) is 0. The van der Waals surface area contributed by atoms with Gasteiger partial charge in [-0.2, -0.15) is 0 Å². The number of hydrogen-bond acceptors (Lipinski definition) is 11. The van der Waals surface area contributed by atoms with Gasteiger partial charge in [-0.1, -0.05) is 64.2 Å².